The summed E-state index contributed by atoms with van der Waals surface area (Å²) >= 11 is 0. The van der Waals surface area contributed by atoms with Gasteiger partial charge in [0.15, 0.2) is 0 Å². The fourth-order valence-corrected chi connectivity index (χ4v) is 1.67. The van der Waals surface area contributed by atoms with E-state index in [-0.39, 0.29) is 0 Å². The lowest BCUT2D eigenvalue weighted by Gasteiger charge is -2.23. The molecule has 0 aliphatic heterocycles. The molecule has 2 atom stereocenters. The van der Waals surface area contributed by atoms with Gasteiger partial charge in [0.1, 0.15) is 0 Å². The molecule has 0 amide bonds. The van der Waals surface area contributed by atoms with Crippen molar-refractivity contribution in [3.8, 4) is 0 Å². The number of allylic oxidation sites excluding steroid dienone is 1. The second-order valence-electron chi connectivity index (χ2n) is 3.34. The maximum atomic E-state index is 11.6. The summed E-state index contributed by atoms with van der Waals surface area (Å²) in [6.45, 7) is 6.61. The van der Waals surface area contributed by atoms with Crippen LogP contribution in [-0.2, 0) is 19.1 Å². The van der Waals surface area contributed by atoms with Crippen molar-refractivity contribution in [3.63, 3.8) is 0 Å². The van der Waals surface area contributed by atoms with Crippen molar-refractivity contribution in [3.05, 3.63) is 37.8 Å². The molecule has 0 spiro atoms. The Morgan fingerprint density at radius 3 is 2.44 bits per heavy atom. The van der Waals surface area contributed by atoms with Crippen molar-refractivity contribution in [1.29, 1.82) is 0 Å². The molecular weight excluding hydrogens is 208 g/mol. The summed E-state index contributed by atoms with van der Waals surface area (Å²) in [4.78, 5) is 23.1. The summed E-state index contributed by atoms with van der Waals surface area (Å²) in [5, 5.41) is 0. The van der Waals surface area contributed by atoms with E-state index in [0.717, 1.165) is 18.9 Å². The molecule has 0 bridgehead atoms. The average Bonchev–Trinajstić information content (AvgIpc) is 2.30. The Morgan fingerprint density at radius 2 is 1.81 bits per heavy atom. The Hall–Kier alpha value is -1.84. The van der Waals surface area contributed by atoms with Crippen LogP contribution in [-0.4, -0.2) is 11.9 Å². The Labute approximate surface area is 94.2 Å². The highest BCUT2D eigenvalue weighted by atomic mass is 16.5. The quantitative estimate of drug-likeness (QED) is 0.414. The summed E-state index contributed by atoms with van der Waals surface area (Å²) in [6.07, 6.45) is 6.96. The molecule has 0 aromatic heterocycles. The fourth-order valence-electron chi connectivity index (χ4n) is 1.67. The van der Waals surface area contributed by atoms with Gasteiger partial charge in [-0.3, -0.25) is 9.59 Å². The van der Waals surface area contributed by atoms with Crippen molar-refractivity contribution in [1.82, 2.24) is 0 Å². The maximum Gasteiger partial charge on any atom is 0.318 e. The van der Waals surface area contributed by atoms with Crippen LogP contribution < -0.4 is 0 Å². The summed E-state index contributed by atoms with van der Waals surface area (Å²) in [7, 11) is 0. The molecule has 0 fully saturated rings. The molecule has 0 aromatic rings. The third-order valence-electron chi connectivity index (χ3n) is 2.40. The van der Waals surface area contributed by atoms with Crippen molar-refractivity contribution >= 4 is 11.9 Å². The van der Waals surface area contributed by atoms with Gasteiger partial charge >= 0.3 is 11.9 Å². The van der Waals surface area contributed by atoms with Crippen LogP contribution >= 0.6 is 0 Å². The van der Waals surface area contributed by atoms with Crippen molar-refractivity contribution in [2.45, 2.75) is 12.8 Å². The zero-order valence-corrected chi connectivity index (χ0v) is 8.93. The molecule has 0 aromatic carbocycles. The molecule has 1 aliphatic rings. The zero-order chi connectivity index (χ0) is 12.0. The first-order chi connectivity index (χ1) is 7.70. The average molecular weight is 222 g/mol. The van der Waals surface area contributed by atoms with Gasteiger partial charge in [-0.1, -0.05) is 25.3 Å². The minimum Gasteiger partial charge on any atom is -0.435 e. The zero-order valence-electron chi connectivity index (χ0n) is 8.93. The highest BCUT2D eigenvalue weighted by molar-refractivity contribution is 5.84. The van der Waals surface area contributed by atoms with Gasteiger partial charge < -0.3 is 9.47 Å². The molecule has 0 heterocycles. The normalized spacial score (nSPS) is 23.2. The number of rotatable bonds is 4. The van der Waals surface area contributed by atoms with E-state index in [2.05, 4.69) is 17.9 Å². The van der Waals surface area contributed by atoms with Gasteiger partial charge in [0.2, 0.25) is 0 Å². The number of ether oxygens (including phenoxy) is 2. The molecule has 16 heavy (non-hydrogen) atoms. The standard InChI is InChI=1S/C12H14O4/c1-3-15-11(13)9-7-5-6-8-10(9)12(14)16-4-2/h3-5,7,9-10H,1-2,6,8H2. The van der Waals surface area contributed by atoms with Gasteiger partial charge in [0.25, 0.3) is 0 Å². The van der Waals surface area contributed by atoms with Crippen LogP contribution in [0.2, 0.25) is 0 Å². The third kappa shape index (κ3) is 2.82. The first-order valence-electron chi connectivity index (χ1n) is 5.00. The van der Waals surface area contributed by atoms with Crippen LogP contribution in [0.4, 0.5) is 0 Å². The minimum atomic E-state index is -0.598. The van der Waals surface area contributed by atoms with Crippen LogP contribution in [0.1, 0.15) is 12.8 Å². The first-order valence-corrected chi connectivity index (χ1v) is 5.00. The summed E-state index contributed by atoms with van der Waals surface area (Å²) in [5.41, 5.74) is 0. The van der Waals surface area contributed by atoms with Gasteiger partial charge in [-0.25, -0.2) is 0 Å². The number of hydrogen-bond donors (Lipinski definition) is 0. The van der Waals surface area contributed by atoms with E-state index in [1.165, 1.54) is 0 Å². The highest BCUT2D eigenvalue weighted by Crippen LogP contribution is 2.27. The fraction of sp³-hybridized carbons (Fsp3) is 0.333. The molecule has 1 rings (SSSR count). The second kappa shape index (κ2) is 5.90. The highest BCUT2D eigenvalue weighted by Gasteiger charge is 2.35. The Kier molecular flexibility index (Phi) is 4.51. The van der Waals surface area contributed by atoms with Gasteiger partial charge in [-0.2, -0.15) is 0 Å². The monoisotopic (exact) mass is 222 g/mol. The molecule has 0 saturated heterocycles. The second-order valence-corrected chi connectivity index (χ2v) is 3.34. The van der Waals surface area contributed by atoms with E-state index in [0.29, 0.717) is 6.42 Å². The Morgan fingerprint density at radius 1 is 1.19 bits per heavy atom. The minimum absolute atomic E-state index is 0.453. The van der Waals surface area contributed by atoms with Crippen LogP contribution in [0.3, 0.4) is 0 Å². The molecular formula is C12H14O4. The predicted molar refractivity (Wildman–Crippen MR) is 57.9 cm³/mol. The van der Waals surface area contributed by atoms with Crippen molar-refractivity contribution in [2.75, 3.05) is 0 Å². The molecule has 1 aliphatic carbocycles. The van der Waals surface area contributed by atoms with Gasteiger partial charge in [0, 0.05) is 0 Å². The lowest BCUT2D eigenvalue weighted by Crippen LogP contribution is -2.31. The predicted octanol–water partition coefficient (Wildman–Crippen LogP) is 1.94. The molecule has 0 radical (unpaired) electrons. The van der Waals surface area contributed by atoms with Crippen LogP contribution in [0.5, 0.6) is 0 Å². The third-order valence-corrected chi connectivity index (χ3v) is 2.40. The van der Waals surface area contributed by atoms with Crippen LogP contribution in [0.25, 0.3) is 0 Å². The van der Waals surface area contributed by atoms with E-state index < -0.39 is 23.8 Å². The lowest BCUT2D eigenvalue weighted by molar-refractivity contribution is -0.153. The van der Waals surface area contributed by atoms with Crippen molar-refractivity contribution < 1.29 is 19.1 Å². The van der Waals surface area contributed by atoms with Crippen molar-refractivity contribution in [2.24, 2.45) is 11.8 Å². The molecule has 4 nitrogen and oxygen atoms in total. The molecule has 0 N–H and O–H groups in total. The van der Waals surface area contributed by atoms with E-state index in [4.69, 9.17) is 4.74 Å². The van der Waals surface area contributed by atoms with Gasteiger partial charge in [0.05, 0.1) is 24.4 Å². The SMILES string of the molecule is C=COC(=O)C1C=CCCC1C(=O)OC=C. The van der Waals surface area contributed by atoms with E-state index >= 15 is 0 Å². The smallest absolute Gasteiger partial charge is 0.318 e. The van der Waals surface area contributed by atoms with E-state index in [9.17, 15) is 9.59 Å². The molecule has 0 saturated carbocycles. The lowest BCUT2D eigenvalue weighted by atomic mass is 9.84. The summed E-state index contributed by atoms with van der Waals surface area (Å²) in [5.74, 6) is -2.04. The van der Waals surface area contributed by atoms with Gasteiger partial charge in [-0.15, -0.1) is 0 Å². The summed E-state index contributed by atoms with van der Waals surface area (Å²) < 4.78 is 9.38. The Bertz CT molecular complexity index is 330. The number of carbonyl (C=O) groups excluding carboxylic acids is 2. The molecule has 4 heteroatoms. The van der Waals surface area contributed by atoms with E-state index in [1.54, 1.807) is 6.08 Å². The number of carbonyl (C=O) groups is 2. The number of esters is 2. The molecule has 86 valence electrons. The molecule has 2 unspecified atom stereocenters. The topological polar surface area (TPSA) is 52.6 Å². The van der Waals surface area contributed by atoms with Crippen LogP contribution in [0.15, 0.2) is 37.8 Å². The number of hydrogen-bond acceptors (Lipinski definition) is 4. The van der Waals surface area contributed by atoms with Gasteiger partial charge in [-0.05, 0) is 12.8 Å². The maximum absolute atomic E-state index is 11.6. The van der Waals surface area contributed by atoms with Crippen LogP contribution in [0, 0.1) is 11.8 Å². The summed E-state index contributed by atoms with van der Waals surface area (Å²) in [6, 6.07) is 0. The largest absolute Gasteiger partial charge is 0.435 e. The van der Waals surface area contributed by atoms with E-state index in [1.807, 2.05) is 6.08 Å². The first kappa shape index (κ1) is 12.2. The Balaban J connectivity index is 2.77.